The number of aromatic nitrogens is 3. The number of hydrogen-bond acceptors (Lipinski definition) is 4. The van der Waals surface area contributed by atoms with Crippen LogP contribution in [-0.4, -0.2) is 51.2 Å². The summed E-state index contributed by atoms with van der Waals surface area (Å²) < 4.78 is 1.70. The fraction of sp³-hybridized carbons (Fsp3) is 0.471. The molecule has 0 radical (unpaired) electrons. The molecule has 3 rings (SSSR count). The van der Waals surface area contributed by atoms with Crippen LogP contribution in [0.15, 0.2) is 24.3 Å². The number of nitrogens with one attached hydrogen (secondary N) is 1. The Bertz CT molecular complexity index is 734. The lowest BCUT2D eigenvalue weighted by molar-refractivity contribution is 0.0643. The van der Waals surface area contributed by atoms with Crippen LogP contribution < -0.4 is 5.32 Å². The van der Waals surface area contributed by atoms with E-state index in [1.165, 1.54) is 0 Å². The van der Waals surface area contributed by atoms with Gasteiger partial charge in [0.1, 0.15) is 5.82 Å². The molecule has 1 saturated heterocycles. The molecule has 136 valence electrons. The van der Waals surface area contributed by atoms with E-state index in [0.717, 1.165) is 37.4 Å². The molecular weight excluding hydrogens is 361 g/mol. The molecule has 0 unspecified atom stereocenters. The van der Waals surface area contributed by atoms with E-state index in [9.17, 15) is 4.79 Å². The molecule has 0 spiro atoms. The first-order valence-electron chi connectivity index (χ1n) is 8.34. The second kappa shape index (κ2) is 8.65. The Hall–Kier alpha value is -1.63. The lowest BCUT2D eigenvalue weighted by Gasteiger charge is -2.33. The van der Waals surface area contributed by atoms with Gasteiger partial charge in [-0.1, -0.05) is 30.7 Å². The topological polar surface area (TPSA) is 63.1 Å². The number of aryl methyl sites for hydroxylation is 1. The first-order valence-corrected chi connectivity index (χ1v) is 8.72. The van der Waals surface area contributed by atoms with Crippen LogP contribution in [0.3, 0.4) is 0 Å². The Balaban J connectivity index is 0.00000225. The zero-order valence-electron chi connectivity index (χ0n) is 14.4. The van der Waals surface area contributed by atoms with Crippen LogP contribution in [0.5, 0.6) is 0 Å². The van der Waals surface area contributed by atoms with E-state index >= 15 is 0 Å². The zero-order valence-corrected chi connectivity index (χ0v) is 16.0. The third-order valence-electron chi connectivity index (χ3n) is 4.18. The number of carbonyl (C=O) groups is 1. The minimum atomic E-state index is -0.118. The summed E-state index contributed by atoms with van der Waals surface area (Å²) in [5.74, 6) is 0.885. The maximum absolute atomic E-state index is 12.8. The quantitative estimate of drug-likeness (QED) is 0.881. The minimum Gasteiger partial charge on any atom is -0.331 e. The molecule has 1 N–H and O–H groups in total. The van der Waals surface area contributed by atoms with Crippen LogP contribution in [0.1, 0.15) is 36.7 Å². The average Bonchev–Trinajstić information content (AvgIpc) is 2.99. The van der Waals surface area contributed by atoms with Crippen molar-refractivity contribution >= 4 is 29.9 Å². The Morgan fingerprint density at radius 3 is 2.84 bits per heavy atom. The van der Waals surface area contributed by atoms with Gasteiger partial charge in [0.05, 0.1) is 10.7 Å². The summed E-state index contributed by atoms with van der Waals surface area (Å²) in [4.78, 5) is 19.2. The van der Waals surface area contributed by atoms with E-state index in [1.54, 1.807) is 4.68 Å². The normalized spacial score (nSPS) is 17.2. The highest BCUT2D eigenvalue weighted by atomic mass is 35.5. The maximum atomic E-state index is 12.8. The second-order valence-electron chi connectivity index (χ2n) is 6.02. The van der Waals surface area contributed by atoms with Crippen molar-refractivity contribution < 1.29 is 4.79 Å². The summed E-state index contributed by atoms with van der Waals surface area (Å²) in [6, 6.07) is 7.61. The number of nitrogens with zero attached hydrogens (tertiary/aromatic N) is 4. The molecule has 1 amide bonds. The average molecular weight is 384 g/mol. The third-order valence-corrected chi connectivity index (χ3v) is 4.50. The molecule has 1 aromatic heterocycles. The standard InChI is InChI=1S/C17H22ClN5O.ClH/c1-3-6-15-20-16(17(24)22-10-9-19-11-12(22)2)21-23(15)14-8-5-4-7-13(14)18;/h4-5,7-8,12,19H,3,6,9-11H2,1-2H3;1H/t12-;/m0./s1. The predicted molar refractivity (Wildman–Crippen MR) is 101 cm³/mol. The van der Waals surface area contributed by atoms with Crippen LogP contribution in [0.25, 0.3) is 5.69 Å². The lowest BCUT2D eigenvalue weighted by Crippen LogP contribution is -2.52. The van der Waals surface area contributed by atoms with Gasteiger partial charge in [0.15, 0.2) is 0 Å². The second-order valence-corrected chi connectivity index (χ2v) is 6.42. The monoisotopic (exact) mass is 383 g/mol. The number of hydrogen-bond donors (Lipinski definition) is 1. The van der Waals surface area contributed by atoms with Crippen molar-refractivity contribution in [2.45, 2.75) is 32.7 Å². The lowest BCUT2D eigenvalue weighted by atomic mass is 10.2. The molecule has 0 aliphatic carbocycles. The molecule has 1 atom stereocenters. The highest BCUT2D eigenvalue weighted by molar-refractivity contribution is 6.32. The largest absolute Gasteiger partial charge is 0.331 e. The maximum Gasteiger partial charge on any atom is 0.293 e. The molecule has 8 heteroatoms. The molecule has 0 bridgehead atoms. The van der Waals surface area contributed by atoms with E-state index in [2.05, 4.69) is 22.3 Å². The van der Waals surface area contributed by atoms with E-state index in [-0.39, 0.29) is 30.2 Å². The van der Waals surface area contributed by atoms with Gasteiger partial charge in [-0.2, -0.15) is 0 Å². The van der Waals surface area contributed by atoms with Crippen LogP contribution in [0, 0.1) is 0 Å². The summed E-state index contributed by atoms with van der Waals surface area (Å²) in [7, 11) is 0. The van der Waals surface area contributed by atoms with Gasteiger partial charge in [-0.15, -0.1) is 17.5 Å². The number of amides is 1. The SMILES string of the molecule is CCCc1nc(C(=O)N2CCNC[C@@H]2C)nn1-c1ccccc1Cl.Cl. The van der Waals surface area contributed by atoms with Crippen molar-refractivity contribution in [3.63, 3.8) is 0 Å². The number of piperazine rings is 1. The number of carbonyl (C=O) groups excluding carboxylic acids is 1. The van der Waals surface area contributed by atoms with Gasteiger partial charge in [0, 0.05) is 32.1 Å². The predicted octanol–water partition coefficient (Wildman–Crippen LogP) is 2.73. The summed E-state index contributed by atoms with van der Waals surface area (Å²) in [6.07, 6.45) is 1.66. The number of benzene rings is 1. The van der Waals surface area contributed by atoms with Crippen LogP contribution in [0.4, 0.5) is 0 Å². The van der Waals surface area contributed by atoms with E-state index < -0.39 is 0 Å². The molecular formula is C17H23Cl2N5O. The number of rotatable bonds is 4. The van der Waals surface area contributed by atoms with Crippen LogP contribution in [0.2, 0.25) is 5.02 Å². The molecule has 1 aliphatic rings. The molecule has 2 heterocycles. The van der Waals surface area contributed by atoms with Crippen molar-refractivity contribution in [2.75, 3.05) is 19.6 Å². The van der Waals surface area contributed by atoms with E-state index in [0.29, 0.717) is 11.6 Å². The summed E-state index contributed by atoms with van der Waals surface area (Å²) in [6.45, 7) is 6.36. The summed E-state index contributed by atoms with van der Waals surface area (Å²) in [5.41, 5.74) is 0.752. The molecule has 1 aromatic carbocycles. The Morgan fingerprint density at radius 1 is 1.40 bits per heavy atom. The highest BCUT2D eigenvalue weighted by Gasteiger charge is 2.28. The number of para-hydroxylation sites is 1. The van der Waals surface area contributed by atoms with Gasteiger partial charge < -0.3 is 10.2 Å². The molecule has 25 heavy (non-hydrogen) atoms. The molecule has 0 saturated carbocycles. The van der Waals surface area contributed by atoms with E-state index in [4.69, 9.17) is 11.6 Å². The zero-order chi connectivity index (χ0) is 17.1. The van der Waals surface area contributed by atoms with Crippen molar-refractivity contribution in [1.82, 2.24) is 25.0 Å². The fourth-order valence-corrected chi connectivity index (χ4v) is 3.12. The fourth-order valence-electron chi connectivity index (χ4n) is 2.91. The third kappa shape index (κ3) is 4.14. The van der Waals surface area contributed by atoms with Crippen molar-refractivity contribution in [2.24, 2.45) is 0 Å². The van der Waals surface area contributed by atoms with Crippen molar-refractivity contribution in [3.05, 3.63) is 40.9 Å². The summed E-state index contributed by atoms with van der Waals surface area (Å²) in [5, 5.41) is 8.35. The van der Waals surface area contributed by atoms with Crippen LogP contribution >= 0.6 is 24.0 Å². The van der Waals surface area contributed by atoms with Gasteiger partial charge in [-0.05, 0) is 25.5 Å². The molecule has 6 nitrogen and oxygen atoms in total. The number of halogens is 2. The first-order chi connectivity index (χ1) is 11.6. The molecule has 1 aliphatic heterocycles. The smallest absolute Gasteiger partial charge is 0.293 e. The highest BCUT2D eigenvalue weighted by Crippen LogP contribution is 2.21. The van der Waals surface area contributed by atoms with Gasteiger partial charge in [-0.3, -0.25) is 4.79 Å². The van der Waals surface area contributed by atoms with E-state index in [1.807, 2.05) is 36.1 Å². The van der Waals surface area contributed by atoms with Crippen LogP contribution in [-0.2, 0) is 6.42 Å². The first kappa shape index (κ1) is 19.7. The Morgan fingerprint density at radius 2 is 2.16 bits per heavy atom. The van der Waals surface area contributed by atoms with Gasteiger partial charge in [-0.25, -0.2) is 9.67 Å². The minimum absolute atomic E-state index is 0. The Kier molecular flexibility index (Phi) is 6.81. The van der Waals surface area contributed by atoms with Gasteiger partial charge in [0.25, 0.3) is 5.91 Å². The molecule has 2 aromatic rings. The Labute approximate surface area is 159 Å². The van der Waals surface area contributed by atoms with Crippen molar-refractivity contribution in [3.8, 4) is 5.69 Å². The summed E-state index contributed by atoms with van der Waals surface area (Å²) >= 11 is 6.30. The van der Waals surface area contributed by atoms with Gasteiger partial charge >= 0.3 is 0 Å². The van der Waals surface area contributed by atoms with Crippen molar-refractivity contribution in [1.29, 1.82) is 0 Å². The molecule has 1 fully saturated rings. The van der Waals surface area contributed by atoms with Gasteiger partial charge in [0.2, 0.25) is 5.82 Å².